The highest BCUT2D eigenvalue weighted by molar-refractivity contribution is 6.31. The SMILES string of the molecule is CC(C)c1ccc(CCCC(N)=O)cc1Cl. The summed E-state index contributed by atoms with van der Waals surface area (Å²) in [5.74, 6) is 0.192. The monoisotopic (exact) mass is 239 g/mol. The van der Waals surface area contributed by atoms with E-state index in [4.69, 9.17) is 17.3 Å². The van der Waals surface area contributed by atoms with Crippen LogP contribution in [0.15, 0.2) is 18.2 Å². The molecule has 1 rings (SSSR count). The van der Waals surface area contributed by atoms with Crippen LogP contribution in [0.1, 0.15) is 43.7 Å². The van der Waals surface area contributed by atoms with Crippen LogP contribution in [0.4, 0.5) is 0 Å². The Morgan fingerprint density at radius 3 is 2.62 bits per heavy atom. The number of aryl methyl sites for hydroxylation is 1. The zero-order valence-electron chi connectivity index (χ0n) is 9.79. The summed E-state index contributed by atoms with van der Waals surface area (Å²) < 4.78 is 0. The molecular formula is C13H18ClNO. The molecule has 0 aromatic heterocycles. The number of hydrogen-bond donors (Lipinski definition) is 1. The summed E-state index contributed by atoms with van der Waals surface area (Å²) in [4.78, 5) is 10.6. The zero-order valence-corrected chi connectivity index (χ0v) is 10.6. The van der Waals surface area contributed by atoms with Gasteiger partial charge in [-0.05, 0) is 36.0 Å². The predicted octanol–water partition coefficient (Wildman–Crippen LogP) is 3.27. The van der Waals surface area contributed by atoms with E-state index in [2.05, 4.69) is 26.0 Å². The Morgan fingerprint density at radius 2 is 2.12 bits per heavy atom. The Balaban J connectivity index is 2.63. The normalized spacial score (nSPS) is 10.8. The minimum absolute atomic E-state index is 0.245. The first-order valence-corrected chi connectivity index (χ1v) is 5.95. The van der Waals surface area contributed by atoms with E-state index < -0.39 is 0 Å². The zero-order chi connectivity index (χ0) is 12.1. The van der Waals surface area contributed by atoms with Crippen LogP contribution in [-0.4, -0.2) is 5.91 Å². The number of benzene rings is 1. The molecule has 0 radical (unpaired) electrons. The number of primary amides is 1. The molecule has 0 fully saturated rings. The molecule has 0 unspecified atom stereocenters. The maximum atomic E-state index is 10.6. The van der Waals surface area contributed by atoms with Crippen LogP contribution < -0.4 is 5.73 Å². The lowest BCUT2D eigenvalue weighted by atomic mass is 9.99. The molecule has 1 aromatic rings. The van der Waals surface area contributed by atoms with E-state index >= 15 is 0 Å². The molecule has 0 atom stereocenters. The molecule has 0 aliphatic carbocycles. The fraction of sp³-hybridized carbons (Fsp3) is 0.462. The van der Waals surface area contributed by atoms with E-state index in [-0.39, 0.29) is 5.91 Å². The van der Waals surface area contributed by atoms with Gasteiger partial charge in [0.2, 0.25) is 5.91 Å². The largest absolute Gasteiger partial charge is 0.370 e. The third-order valence-corrected chi connectivity index (χ3v) is 2.90. The second-order valence-corrected chi connectivity index (χ2v) is 4.74. The summed E-state index contributed by atoms with van der Waals surface area (Å²) in [6.45, 7) is 4.24. The number of nitrogens with two attached hydrogens (primary N) is 1. The van der Waals surface area contributed by atoms with Crippen LogP contribution in [0, 0.1) is 0 Å². The van der Waals surface area contributed by atoms with Gasteiger partial charge >= 0.3 is 0 Å². The van der Waals surface area contributed by atoms with Crippen molar-refractivity contribution in [3.63, 3.8) is 0 Å². The molecule has 0 saturated heterocycles. The van der Waals surface area contributed by atoms with E-state index in [1.165, 1.54) is 5.56 Å². The van der Waals surface area contributed by atoms with E-state index in [1.54, 1.807) is 0 Å². The van der Waals surface area contributed by atoms with Crippen molar-refractivity contribution >= 4 is 17.5 Å². The number of carbonyl (C=O) groups excluding carboxylic acids is 1. The fourth-order valence-electron chi connectivity index (χ4n) is 1.66. The first-order valence-electron chi connectivity index (χ1n) is 5.57. The van der Waals surface area contributed by atoms with Crippen molar-refractivity contribution in [2.24, 2.45) is 5.73 Å². The molecule has 1 amide bonds. The van der Waals surface area contributed by atoms with E-state index in [1.807, 2.05) is 6.07 Å². The Labute approximate surface area is 102 Å². The summed E-state index contributed by atoms with van der Waals surface area (Å²) in [5.41, 5.74) is 7.41. The van der Waals surface area contributed by atoms with Crippen LogP contribution >= 0.6 is 11.6 Å². The molecule has 3 heteroatoms. The number of carbonyl (C=O) groups is 1. The van der Waals surface area contributed by atoms with Gasteiger partial charge in [0.15, 0.2) is 0 Å². The van der Waals surface area contributed by atoms with E-state index in [0.29, 0.717) is 12.3 Å². The highest BCUT2D eigenvalue weighted by Crippen LogP contribution is 2.25. The van der Waals surface area contributed by atoms with Crippen LogP contribution in [0.3, 0.4) is 0 Å². The molecule has 0 bridgehead atoms. The summed E-state index contributed by atoms with van der Waals surface area (Å²) in [6, 6.07) is 6.12. The lowest BCUT2D eigenvalue weighted by molar-refractivity contribution is -0.118. The van der Waals surface area contributed by atoms with Gasteiger partial charge in [-0.3, -0.25) is 4.79 Å². The van der Waals surface area contributed by atoms with Gasteiger partial charge in [-0.1, -0.05) is 37.6 Å². The van der Waals surface area contributed by atoms with Crippen molar-refractivity contribution in [3.05, 3.63) is 34.3 Å². The van der Waals surface area contributed by atoms with Gasteiger partial charge in [0.1, 0.15) is 0 Å². The molecule has 0 heterocycles. The van der Waals surface area contributed by atoms with E-state index in [9.17, 15) is 4.79 Å². The molecule has 0 saturated carbocycles. The van der Waals surface area contributed by atoms with Gasteiger partial charge in [0, 0.05) is 11.4 Å². The van der Waals surface area contributed by atoms with Crippen molar-refractivity contribution in [1.82, 2.24) is 0 Å². The number of hydrogen-bond acceptors (Lipinski definition) is 1. The Morgan fingerprint density at radius 1 is 1.44 bits per heavy atom. The average Bonchev–Trinajstić information content (AvgIpc) is 2.16. The molecule has 16 heavy (non-hydrogen) atoms. The smallest absolute Gasteiger partial charge is 0.217 e. The van der Waals surface area contributed by atoms with Crippen molar-refractivity contribution in [3.8, 4) is 0 Å². The standard InChI is InChI=1S/C13H18ClNO/c1-9(2)11-7-6-10(8-12(11)14)4-3-5-13(15)16/h6-9H,3-5H2,1-2H3,(H2,15,16). The highest BCUT2D eigenvalue weighted by atomic mass is 35.5. The van der Waals surface area contributed by atoms with Gasteiger partial charge in [-0.15, -0.1) is 0 Å². The first-order chi connectivity index (χ1) is 7.50. The van der Waals surface area contributed by atoms with Crippen LogP contribution in [0.25, 0.3) is 0 Å². The molecular weight excluding hydrogens is 222 g/mol. The number of halogens is 1. The van der Waals surface area contributed by atoms with Gasteiger partial charge in [-0.2, -0.15) is 0 Å². The maximum absolute atomic E-state index is 10.6. The van der Waals surface area contributed by atoms with Gasteiger partial charge in [-0.25, -0.2) is 0 Å². The molecule has 2 N–H and O–H groups in total. The second-order valence-electron chi connectivity index (χ2n) is 4.33. The topological polar surface area (TPSA) is 43.1 Å². The third-order valence-electron chi connectivity index (χ3n) is 2.58. The van der Waals surface area contributed by atoms with Crippen LogP contribution in [0.5, 0.6) is 0 Å². The number of rotatable bonds is 5. The lowest BCUT2D eigenvalue weighted by Gasteiger charge is -2.09. The van der Waals surface area contributed by atoms with Crippen LogP contribution in [0.2, 0.25) is 5.02 Å². The summed E-state index contributed by atoms with van der Waals surface area (Å²) in [5, 5.41) is 0.812. The minimum atomic E-state index is -0.245. The second kappa shape index (κ2) is 5.90. The first kappa shape index (κ1) is 13.0. The Bertz CT molecular complexity index is 374. The molecule has 2 nitrogen and oxygen atoms in total. The molecule has 0 spiro atoms. The maximum Gasteiger partial charge on any atom is 0.217 e. The van der Waals surface area contributed by atoms with Gasteiger partial charge < -0.3 is 5.73 Å². The number of amides is 1. The quantitative estimate of drug-likeness (QED) is 0.842. The van der Waals surface area contributed by atoms with Crippen LogP contribution in [-0.2, 0) is 11.2 Å². The van der Waals surface area contributed by atoms with E-state index in [0.717, 1.165) is 23.4 Å². The molecule has 88 valence electrons. The minimum Gasteiger partial charge on any atom is -0.370 e. The lowest BCUT2D eigenvalue weighted by Crippen LogP contribution is -2.10. The van der Waals surface area contributed by atoms with Crippen molar-refractivity contribution < 1.29 is 4.79 Å². The molecule has 1 aromatic carbocycles. The van der Waals surface area contributed by atoms with Crippen molar-refractivity contribution in [1.29, 1.82) is 0 Å². The van der Waals surface area contributed by atoms with Gasteiger partial charge in [0.05, 0.1) is 0 Å². The fourth-order valence-corrected chi connectivity index (χ4v) is 2.08. The summed E-state index contributed by atoms with van der Waals surface area (Å²) in [7, 11) is 0. The summed E-state index contributed by atoms with van der Waals surface area (Å²) in [6.07, 6.45) is 2.07. The molecule has 0 aliphatic heterocycles. The van der Waals surface area contributed by atoms with Crippen molar-refractivity contribution in [2.45, 2.75) is 39.0 Å². The van der Waals surface area contributed by atoms with Gasteiger partial charge in [0.25, 0.3) is 0 Å². The summed E-state index contributed by atoms with van der Waals surface area (Å²) >= 11 is 6.17. The molecule has 0 aliphatic rings. The third kappa shape index (κ3) is 3.86. The Hall–Kier alpha value is -1.02. The Kier molecular flexibility index (Phi) is 4.81. The predicted molar refractivity (Wildman–Crippen MR) is 67.7 cm³/mol. The van der Waals surface area contributed by atoms with Crippen molar-refractivity contribution in [2.75, 3.05) is 0 Å². The highest BCUT2D eigenvalue weighted by Gasteiger charge is 2.05. The average molecular weight is 240 g/mol.